The maximum atomic E-state index is 12.2. The van der Waals surface area contributed by atoms with Crippen LogP contribution < -0.4 is 15.4 Å². The van der Waals surface area contributed by atoms with E-state index in [1.54, 1.807) is 27.8 Å². The van der Waals surface area contributed by atoms with Gasteiger partial charge in [-0.1, -0.05) is 12.1 Å². The Morgan fingerprint density at radius 1 is 1.11 bits per heavy atom. The number of nitrogens with zero attached hydrogens (tertiary/aromatic N) is 1. The van der Waals surface area contributed by atoms with Crippen molar-refractivity contribution >= 4 is 15.8 Å². The summed E-state index contributed by atoms with van der Waals surface area (Å²) in [5, 5.41) is 6.29. The van der Waals surface area contributed by atoms with E-state index in [0.717, 1.165) is 16.9 Å². The molecule has 6 nitrogen and oxygen atoms in total. The molecule has 7 heteroatoms. The quantitative estimate of drug-likeness (QED) is 0.570. The second kappa shape index (κ2) is 8.95. The van der Waals surface area contributed by atoms with Gasteiger partial charge < -0.3 is 15.4 Å². The highest BCUT2D eigenvalue weighted by atomic mass is 32.2. The molecule has 1 aromatic rings. The summed E-state index contributed by atoms with van der Waals surface area (Å²) < 4.78 is 29.7. The van der Waals surface area contributed by atoms with Gasteiger partial charge in [0, 0.05) is 25.7 Å². The lowest BCUT2D eigenvalue weighted by atomic mass is 10.1. The molecule has 0 saturated carbocycles. The van der Waals surface area contributed by atoms with E-state index >= 15 is 0 Å². The zero-order valence-corrected chi connectivity index (χ0v) is 18.8. The molecule has 0 unspecified atom stereocenters. The lowest BCUT2D eigenvalue weighted by Gasteiger charge is -2.24. The van der Waals surface area contributed by atoms with Crippen molar-refractivity contribution in [1.82, 2.24) is 10.6 Å². The van der Waals surface area contributed by atoms with Crippen molar-refractivity contribution in [2.75, 3.05) is 19.3 Å². The Kier molecular flexibility index (Phi) is 7.72. The molecule has 0 radical (unpaired) electrons. The fourth-order valence-corrected chi connectivity index (χ4v) is 3.23. The molecule has 0 aliphatic heterocycles. The maximum Gasteiger partial charge on any atom is 0.191 e. The highest BCUT2D eigenvalue weighted by Gasteiger charge is 2.28. The van der Waals surface area contributed by atoms with Gasteiger partial charge in [0.1, 0.15) is 11.4 Å². The molecule has 0 bridgehead atoms. The first-order valence-electron chi connectivity index (χ1n) is 9.20. The van der Waals surface area contributed by atoms with Crippen molar-refractivity contribution in [3.63, 3.8) is 0 Å². The minimum atomic E-state index is -3.17. The number of sulfone groups is 1. The van der Waals surface area contributed by atoms with Gasteiger partial charge in [0.2, 0.25) is 0 Å². The molecule has 2 N–H and O–H groups in total. The zero-order chi connectivity index (χ0) is 20.9. The topological polar surface area (TPSA) is 79.8 Å². The van der Waals surface area contributed by atoms with Crippen LogP contribution in [0.3, 0.4) is 0 Å². The maximum absolute atomic E-state index is 12.2. The fourth-order valence-electron chi connectivity index (χ4n) is 2.24. The van der Waals surface area contributed by atoms with Gasteiger partial charge in [-0.05, 0) is 60.1 Å². The van der Waals surface area contributed by atoms with E-state index < -0.39 is 14.6 Å². The number of aryl methyl sites for hydroxylation is 1. The first-order chi connectivity index (χ1) is 12.2. The standard InChI is InChI=1S/C20H35N3O3S/c1-15-9-10-16(17(13-15)26-19(2,3)4)14-23-18(21-8)22-11-12-27(24,25)20(5,6)7/h9-10,13H,11-12,14H2,1-8H3,(H2,21,22,23). The third-order valence-electron chi connectivity index (χ3n) is 3.90. The van der Waals surface area contributed by atoms with Crippen molar-refractivity contribution in [2.45, 2.75) is 65.4 Å². The van der Waals surface area contributed by atoms with E-state index in [1.807, 2.05) is 45.9 Å². The number of rotatable bonds is 6. The van der Waals surface area contributed by atoms with Gasteiger partial charge in [-0.2, -0.15) is 0 Å². The lowest BCUT2D eigenvalue weighted by Crippen LogP contribution is -2.41. The number of aliphatic imine (C=N–C) groups is 1. The van der Waals surface area contributed by atoms with Gasteiger partial charge in [-0.15, -0.1) is 0 Å². The summed E-state index contributed by atoms with van der Waals surface area (Å²) in [7, 11) is -1.50. The number of benzene rings is 1. The minimum Gasteiger partial charge on any atom is -0.488 e. The molecule has 0 fully saturated rings. The monoisotopic (exact) mass is 397 g/mol. The predicted molar refractivity (Wildman–Crippen MR) is 113 cm³/mol. The predicted octanol–water partition coefficient (Wildman–Crippen LogP) is 3.05. The van der Waals surface area contributed by atoms with Gasteiger partial charge in [0.15, 0.2) is 15.8 Å². The zero-order valence-electron chi connectivity index (χ0n) is 17.9. The van der Waals surface area contributed by atoms with Crippen LogP contribution in [0.1, 0.15) is 52.7 Å². The fraction of sp³-hybridized carbons (Fsp3) is 0.650. The summed E-state index contributed by atoms with van der Waals surface area (Å²) in [5.41, 5.74) is 1.86. The number of ether oxygens (including phenoxy) is 1. The second-order valence-electron chi connectivity index (χ2n) is 8.61. The molecule has 27 heavy (non-hydrogen) atoms. The molecule has 1 rings (SSSR count). The molecule has 0 aromatic heterocycles. The minimum absolute atomic E-state index is 0.0557. The Hall–Kier alpha value is -1.76. The third kappa shape index (κ3) is 7.79. The van der Waals surface area contributed by atoms with Crippen LogP contribution in [0.5, 0.6) is 5.75 Å². The Morgan fingerprint density at radius 2 is 1.74 bits per heavy atom. The van der Waals surface area contributed by atoms with Crippen LogP contribution in [0, 0.1) is 6.92 Å². The summed E-state index contributed by atoms with van der Waals surface area (Å²) in [6.45, 7) is 14.0. The molecular formula is C20H35N3O3S. The molecule has 0 aliphatic rings. The van der Waals surface area contributed by atoms with Crippen LogP contribution in [0.15, 0.2) is 23.2 Å². The van der Waals surface area contributed by atoms with Crippen molar-refractivity contribution in [1.29, 1.82) is 0 Å². The van der Waals surface area contributed by atoms with E-state index in [0.29, 0.717) is 19.0 Å². The van der Waals surface area contributed by atoms with Crippen LogP contribution in [0.2, 0.25) is 0 Å². The number of nitrogens with one attached hydrogen (secondary N) is 2. The van der Waals surface area contributed by atoms with Crippen molar-refractivity contribution in [3.05, 3.63) is 29.3 Å². The average molecular weight is 398 g/mol. The van der Waals surface area contributed by atoms with Gasteiger partial charge in [0.05, 0.1) is 10.5 Å². The highest BCUT2D eigenvalue weighted by Crippen LogP contribution is 2.24. The molecule has 0 saturated heterocycles. The lowest BCUT2D eigenvalue weighted by molar-refractivity contribution is 0.129. The first-order valence-corrected chi connectivity index (χ1v) is 10.9. The van der Waals surface area contributed by atoms with Gasteiger partial charge in [-0.25, -0.2) is 8.42 Å². The Balaban J connectivity index is 2.71. The molecule has 0 spiro atoms. The van der Waals surface area contributed by atoms with Gasteiger partial charge in [0.25, 0.3) is 0 Å². The SMILES string of the molecule is CN=C(NCCS(=O)(=O)C(C)(C)C)NCc1ccc(C)cc1OC(C)(C)C. The Morgan fingerprint density at radius 3 is 2.26 bits per heavy atom. The number of hydrogen-bond donors (Lipinski definition) is 2. The summed E-state index contributed by atoms with van der Waals surface area (Å²) in [6.07, 6.45) is 0. The third-order valence-corrected chi connectivity index (χ3v) is 6.51. The molecule has 0 amide bonds. The number of guanidine groups is 1. The normalized spacial score (nSPS) is 13.4. The molecule has 0 aliphatic carbocycles. The smallest absolute Gasteiger partial charge is 0.191 e. The molecule has 154 valence electrons. The van der Waals surface area contributed by atoms with Crippen LogP contribution in [0.4, 0.5) is 0 Å². The number of hydrogen-bond acceptors (Lipinski definition) is 4. The van der Waals surface area contributed by atoms with E-state index in [1.165, 1.54) is 0 Å². The Labute approximate surface area is 164 Å². The van der Waals surface area contributed by atoms with Crippen LogP contribution >= 0.6 is 0 Å². The first kappa shape index (κ1) is 23.3. The van der Waals surface area contributed by atoms with Crippen LogP contribution in [-0.4, -0.2) is 44.1 Å². The largest absolute Gasteiger partial charge is 0.488 e. The average Bonchev–Trinajstić information content (AvgIpc) is 2.49. The van der Waals surface area contributed by atoms with E-state index in [4.69, 9.17) is 4.74 Å². The molecule has 0 heterocycles. The second-order valence-corrected chi connectivity index (χ2v) is 11.5. The molecule has 1 aromatic carbocycles. The van der Waals surface area contributed by atoms with Crippen molar-refractivity contribution in [3.8, 4) is 5.75 Å². The highest BCUT2D eigenvalue weighted by molar-refractivity contribution is 7.92. The Bertz CT molecular complexity index is 758. The van der Waals surface area contributed by atoms with E-state index in [-0.39, 0.29) is 11.4 Å². The van der Waals surface area contributed by atoms with Crippen LogP contribution in [0.25, 0.3) is 0 Å². The van der Waals surface area contributed by atoms with Gasteiger partial charge in [-0.3, -0.25) is 4.99 Å². The van der Waals surface area contributed by atoms with E-state index in [9.17, 15) is 8.42 Å². The molecule has 0 atom stereocenters. The van der Waals surface area contributed by atoms with Crippen molar-refractivity contribution in [2.24, 2.45) is 4.99 Å². The van der Waals surface area contributed by atoms with Crippen molar-refractivity contribution < 1.29 is 13.2 Å². The van der Waals surface area contributed by atoms with Crippen LogP contribution in [-0.2, 0) is 16.4 Å². The van der Waals surface area contributed by atoms with Gasteiger partial charge >= 0.3 is 0 Å². The summed E-state index contributed by atoms with van der Waals surface area (Å²) in [6, 6.07) is 6.09. The van der Waals surface area contributed by atoms with E-state index in [2.05, 4.69) is 15.6 Å². The molecular weight excluding hydrogens is 362 g/mol. The summed E-state index contributed by atoms with van der Waals surface area (Å²) in [5.74, 6) is 1.45. The summed E-state index contributed by atoms with van der Waals surface area (Å²) >= 11 is 0. The summed E-state index contributed by atoms with van der Waals surface area (Å²) in [4.78, 5) is 4.17.